The third-order valence-electron chi connectivity index (χ3n) is 4.21. The molecule has 2 aromatic rings. The standard InChI is InChI=1S/C16H22N4O/c1-3-10-19-11-9-13-14(19)18-16(20(4-2)15(13)21)17-12-7-5-6-8-12/h3,9,11-12H,1,4-8,10H2,2H3,(H,17,18). The molecule has 0 aromatic carbocycles. The van der Waals surface area contributed by atoms with Gasteiger partial charge in [-0.1, -0.05) is 18.9 Å². The molecule has 1 aliphatic rings. The summed E-state index contributed by atoms with van der Waals surface area (Å²) in [5.74, 6) is 0.700. The van der Waals surface area contributed by atoms with Crippen molar-refractivity contribution in [2.24, 2.45) is 0 Å². The molecule has 0 aliphatic heterocycles. The number of nitrogens with zero attached hydrogens (tertiary/aromatic N) is 3. The highest BCUT2D eigenvalue weighted by molar-refractivity contribution is 5.76. The van der Waals surface area contributed by atoms with E-state index in [-0.39, 0.29) is 5.56 Å². The van der Waals surface area contributed by atoms with Crippen LogP contribution in [0.2, 0.25) is 0 Å². The molecule has 0 unspecified atom stereocenters. The van der Waals surface area contributed by atoms with Gasteiger partial charge in [0.05, 0.1) is 5.39 Å². The summed E-state index contributed by atoms with van der Waals surface area (Å²) in [6.45, 7) is 7.03. The monoisotopic (exact) mass is 286 g/mol. The Balaban J connectivity index is 2.09. The zero-order chi connectivity index (χ0) is 14.8. The number of fused-ring (bicyclic) bond motifs is 1. The Bertz CT molecular complexity index is 707. The van der Waals surface area contributed by atoms with E-state index in [1.807, 2.05) is 29.8 Å². The zero-order valence-electron chi connectivity index (χ0n) is 12.5. The van der Waals surface area contributed by atoms with E-state index in [0.717, 1.165) is 18.5 Å². The lowest BCUT2D eigenvalue weighted by Crippen LogP contribution is -2.27. The second-order valence-electron chi connectivity index (χ2n) is 5.60. The summed E-state index contributed by atoms with van der Waals surface area (Å²) in [6.07, 6.45) is 8.54. The molecule has 0 amide bonds. The van der Waals surface area contributed by atoms with Crippen molar-refractivity contribution in [3.63, 3.8) is 0 Å². The summed E-state index contributed by atoms with van der Waals surface area (Å²) in [7, 11) is 0. The molecule has 0 radical (unpaired) electrons. The maximum absolute atomic E-state index is 12.6. The predicted octanol–water partition coefficient (Wildman–Crippen LogP) is 2.76. The normalized spacial score (nSPS) is 15.7. The van der Waals surface area contributed by atoms with Crippen LogP contribution in [0, 0.1) is 0 Å². The first-order valence-corrected chi connectivity index (χ1v) is 7.71. The molecule has 1 saturated carbocycles. The third-order valence-corrected chi connectivity index (χ3v) is 4.21. The SMILES string of the molecule is C=CCn1ccc2c(=O)n(CC)c(NC3CCCC3)nc21. The molecule has 5 heteroatoms. The van der Waals surface area contributed by atoms with Crippen LogP contribution in [-0.4, -0.2) is 20.2 Å². The summed E-state index contributed by atoms with van der Waals surface area (Å²) < 4.78 is 3.70. The Morgan fingerprint density at radius 2 is 2.24 bits per heavy atom. The summed E-state index contributed by atoms with van der Waals surface area (Å²) >= 11 is 0. The topological polar surface area (TPSA) is 51.9 Å². The van der Waals surface area contributed by atoms with Crippen LogP contribution in [0.3, 0.4) is 0 Å². The summed E-state index contributed by atoms with van der Waals surface area (Å²) in [6, 6.07) is 2.29. The van der Waals surface area contributed by atoms with Gasteiger partial charge in [-0.25, -0.2) is 0 Å². The average molecular weight is 286 g/mol. The average Bonchev–Trinajstić information content (AvgIpc) is 3.10. The van der Waals surface area contributed by atoms with E-state index in [4.69, 9.17) is 4.98 Å². The predicted molar refractivity (Wildman–Crippen MR) is 85.7 cm³/mol. The fraction of sp³-hybridized carbons (Fsp3) is 0.500. The van der Waals surface area contributed by atoms with Crippen molar-refractivity contribution in [2.75, 3.05) is 5.32 Å². The van der Waals surface area contributed by atoms with Crippen molar-refractivity contribution >= 4 is 17.0 Å². The van der Waals surface area contributed by atoms with Gasteiger partial charge >= 0.3 is 0 Å². The van der Waals surface area contributed by atoms with Gasteiger partial charge in [-0.2, -0.15) is 4.98 Å². The fourth-order valence-corrected chi connectivity index (χ4v) is 3.10. The van der Waals surface area contributed by atoms with Crippen molar-refractivity contribution in [2.45, 2.75) is 51.7 Å². The molecular formula is C16H22N4O. The minimum Gasteiger partial charge on any atom is -0.353 e. The van der Waals surface area contributed by atoms with Gasteiger partial charge in [0.1, 0.15) is 5.65 Å². The number of rotatable bonds is 5. The minimum absolute atomic E-state index is 0.0332. The Hall–Kier alpha value is -2.04. The molecule has 1 fully saturated rings. The minimum atomic E-state index is 0.0332. The second-order valence-corrected chi connectivity index (χ2v) is 5.60. The lowest BCUT2D eigenvalue weighted by Gasteiger charge is -2.17. The number of aromatic nitrogens is 3. The fourth-order valence-electron chi connectivity index (χ4n) is 3.10. The van der Waals surface area contributed by atoms with Crippen LogP contribution < -0.4 is 10.9 Å². The number of anilines is 1. The molecule has 1 aliphatic carbocycles. The van der Waals surface area contributed by atoms with Crippen LogP contribution in [0.4, 0.5) is 5.95 Å². The lowest BCUT2D eigenvalue weighted by atomic mass is 10.2. The highest BCUT2D eigenvalue weighted by atomic mass is 16.1. The van der Waals surface area contributed by atoms with Crippen molar-refractivity contribution < 1.29 is 0 Å². The molecule has 2 aromatic heterocycles. The van der Waals surface area contributed by atoms with Crippen molar-refractivity contribution in [3.8, 4) is 0 Å². The molecule has 0 bridgehead atoms. The van der Waals surface area contributed by atoms with E-state index in [1.165, 1.54) is 12.8 Å². The second kappa shape index (κ2) is 5.76. The van der Waals surface area contributed by atoms with Gasteiger partial charge in [-0.3, -0.25) is 9.36 Å². The van der Waals surface area contributed by atoms with Gasteiger partial charge < -0.3 is 9.88 Å². The first kappa shape index (κ1) is 13.9. The summed E-state index contributed by atoms with van der Waals surface area (Å²) in [5.41, 5.74) is 0.774. The zero-order valence-corrected chi connectivity index (χ0v) is 12.5. The van der Waals surface area contributed by atoms with Gasteiger partial charge in [0, 0.05) is 25.3 Å². The number of allylic oxidation sites excluding steroid dienone is 1. The van der Waals surface area contributed by atoms with Gasteiger partial charge in [0.2, 0.25) is 5.95 Å². The summed E-state index contributed by atoms with van der Waals surface area (Å²) in [5, 5.41) is 4.14. The highest BCUT2D eigenvalue weighted by Gasteiger charge is 2.19. The van der Waals surface area contributed by atoms with E-state index >= 15 is 0 Å². The van der Waals surface area contributed by atoms with Gasteiger partial charge in [-0.05, 0) is 25.8 Å². The quantitative estimate of drug-likeness (QED) is 0.860. The Labute approximate surface area is 124 Å². The number of hydrogen-bond donors (Lipinski definition) is 1. The van der Waals surface area contributed by atoms with E-state index in [0.29, 0.717) is 30.5 Å². The molecule has 1 N–H and O–H groups in total. The Morgan fingerprint density at radius 1 is 1.48 bits per heavy atom. The van der Waals surface area contributed by atoms with Gasteiger partial charge in [-0.15, -0.1) is 6.58 Å². The van der Waals surface area contributed by atoms with Crippen molar-refractivity contribution in [1.29, 1.82) is 0 Å². The maximum atomic E-state index is 12.6. The Morgan fingerprint density at radius 3 is 2.90 bits per heavy atom. The van der Waals surface area contributed by atoms with E-state index in [9.17, 15) is 4.79 Å². The smallest absolute Gasteiger partial charge is 0.264 e. The molecular weight excluding hydrogens is 264 g/mol. The molecule has 112 valence electrons. The van der Waals surface area contributed by atoms with Crippen molar-refractivity contribution in [1.82, 2.24) is 14.1 Å². The van der Waals surface area contributed by atoms with E-state index in [1.54, 1.807) is 4.57 Å². The Kier molecular flexibility index (Phi) is 3.82. The van der Waals surface area contributed by atoms with Crippen LogP contribution in [0.1, 0.15) is 32.6 Å². The molecule has 21 heavy (non-hydrogen) atoms. The third kappa shape index (κ3) is 2.48. The molecule has 3 rings (SSSR count). The first-order chi connectivity index (χ1) is 10.2. The number of hydrogen-bond acceptors (Lipinski definition) is 3. The van der Waals surface area contributed by atoms with E-state index in [2.05, 4.69) is 11.9 Å². The largest absolute Gasteiger partial charge is 0.353 e. The van der Waals surface area contributed by atoms with Crippen LogP contribution in [0.25, 0.3) is 11.0 Å². The van der Waals surface area contributed by atoms with E-state index < -0.39 is 0 Å². The van der Waals surface area contributed by atoms with Gasteiger partial charge in [0.25, 0.3) is 5.56 Å². The lowest BCUT2D eigenvalue weighted by molar-refractivity contribution is 0.679. The summed E-state index contributed by atoms with van der Waals surface area (Å²) in [4.78, 5) is 17.3. The molecule has 2 heterocycles. The van der Waals surface area contributed by atoms with Crippen LogP contribution >= 0.6 is 0 Å². The van der Waals surface area contributed by atoms with Crippen molar-refractivity contribution in [3.05, 3.63) is 35.3 Å². The molecule has 0 spiro atoms. The molecule has 5 nitrogen and oxygen atoms in total. The van der Waals surface area contributed by atoms with Crippen LogP contribution in [0.15, 0.2) is 29.7 Å². The van der Waals surface area contributed by atoms with Crippen LogP contribution in [-0.2, 0) is 13.1 Å². The van der Waals surface area contributed by atoms with Crippen LogP contribution in [0.5, 0.6) is 0 Å². The molecule has 0 atom stereocenters. The van der Waals surface area contributed by atoms with Gasteiger partial charge in [0.15, 0.2) is 0 Å². The molecule has 0 saturated heterocycles. The number of nitrogens with one attached hydrogen (secondary N) is 1. The maximum Gasteiger partial charge on any atom is 0.264 e. The highest BCUT2D eigenvalue weighted by Crippen LogP contribution is 2.22. The first-order valence-electron chi connectivity index (χ1n) is 7.71.